The Bertz CT molecular complexity index is 928. The topological polar surface area (TPSA) is 63.2 Å². The molecule has 0 saturated heterocycles. The number of nitrogens with one attached hydrogen (secondary N) is 1. The van der Waals surface area contributed by atoms with Gasteiger partial charge in [0.05, 0.1) is 18.0 Å². The van der Waals surface area contributed by atoms with Gasteiger partial charge in [-0.2, -0.15) is 10.1 Å². The van der Waals surface area contributed by atoms with Gasteiger partial charge in [-0.1, -0.05) is 36.4 Å². The maximum absolute atomic E-state index is 5.87. The van der Waals surface area contributed by atoms with Gasteiger partial charge in [-0.15, -0.1) is 5.10 Å². The van der Waals surface area contributed by atoms with E-state index in [4.69, 9.17) is 4.74 Å². The van der Waals surface area contributed by atoms with Crippen LogP contribution in [0.4, 0.5) is 17.5 Å². The van der Waals surface area contributed by atoms with Crippen molar-refractivity contribution in [2.24, 2.45) is 0 Å². The van der Waals surface area contributed by atoms with Gasteiger partial charge in [0.15, 0.2) is 5.82 Å². The number of para-hydroxylation sites is 2. The molecule has 2 heterocycles. The van der Waals surface area contributed by atoms with E-state index in [-0.39, 0.29) is 6.10 Å². The second kappa shape index (κ2) is 7.61. The molecular weight excluding hydrogens is 338 g/mol. The Balaban J connectivity index is 1.54. The number of ether oxygens (including phenoxy) is 1. The van der Waals surface area contributed by atoms with Crippen molar-refractivity contribution in [3.05, 3.63) is 65.9 Å². The van der Waals surface area contributed by atoms with E-state index >= 15 is 0 Å². The Morgan fingerprint density at radius 3 is 2.67 bits per heavy atom. The molecule has 138 valence electrons. The normalized spacial score (nSPS) is 13.4. The molecule has 2 aromatic carbocycles. The molecule has 4 rings (SSSR count). The van der Waals surface area contributed by atoms with E-state index in [1.807, 2.05) is 38.1 Å². The fourth-order valence-electron chi connectivity index (χ4n) is 3.22. The summed E-state index contributed by atoms with van der Waals surface area (Å²) in [7, 11) is 0. The summed E-state index contributed by atoms with van der Waals surface area (Å²) in [5.41, 5.74) is 3.58. The third kappa shape index (κ3) is 4.00. The first-order valence-electron chi connectivity index (χ1n) is 9.23. The summed E-state index contributed by atoms with van der Waals surface area (Å²) in [5.74, 6) is 2.08. The minimum absolute atomic E-state index is 0.0976. The molecule has 1 aliphatic heterocycles. The highest BCUT2D eigenvalue weighted by molar-refractivity contribution is 5.64. The number of benzene rings is 2. The molecule has 1 aromatic heterocycles. The predicted octanol–water partition coefficient (Wildman–Crippen LogP) is 3.97. The van der Waals surface area contributed by atoms with Crippen LogP contribution < -0.4 is 15.0 Å². The monoisotopic (exact) mass is 361 g/mol. The van der Waals surface area contributed by atoms with Crippen molar-refractivity contribution in [1.82, 2.24) is 15.2 Å². The highest BCUT2D eigenvalue weighted by Crippen LogP contribution is 2.28. The lowest BCUT2D eigenvalue weighted by Gasteiger charge is -2.28. The summed E-state index contributed by atoms with van der Waals surface area (Å²) in [6.45, 7) is 5.70. The predicted molar refractivity (Wildman–Crippen MR) is 107 cm³/mol. The number of hydrogen-bond acceptors (Lipinski definition) is 6. The largest absolute Gasteiger partial charge is 0.489 e. The van der Waals surface area contributed by atoms with Crippen LogP contribution in [0.15, 0.2) is 54.7 Å². The lowest BCUT2D eigenvalue weighted by Crippen LogP contribution is -2.32. The fraction of sp³-hybridized carbons (Fsp3) is 0.286. The van der Waals surface area contributed by atoms with Crippen molar-refractivity contribution < 1.29 is 4.74 Å². The summed E-state index contributed by atoms with van der Waals surface area (Å²) in [6, 6.07) is 16.4. The van der Waals surface area contributed by atoms with Gasteiger partial charge in [-0.25, -0.2) is 0 Å². The summed E-state index contributed by atoms with van der Waals surface area (Å²) < 4.78 is 5.87. The molecule has 1 N–H and O–H groups in total. The Morgan fingerprint density at radius 2 is 1.81 bits per heavy atom. The Kier molecular flexibility index (Phi) is 4.87. The summed E-state index contributed by atoms with van der Waals surface area (Å²) in [4.78, 5) is 6.83. The van der Waals surface area contributed by atoms with E-state index in [1.54, 1.807) is 6.20 Å². The van der Waals surface area contributed by atoms with Crippen LogP contribution in [-0.4, -0.2) is 27.8 Å². The van der Waals surface area contributed by atoms with Crippen molar-refractivity contribution >= 4 is 17.5 Å². The molecule has 0 saturated carbocycles. The zero-order chi connectivity index (χ0) is 18.6. The summed E-state index contributed by atoms with van der Waals surface area (Å²) in [6.07, 6.45) is 2.72. The van der Waals surface area contributed by atoms with Crippen LogP contribution in [0, 0.1) is 0 Å². The first-order chi connectivity index (χ1) is 13.2. The van der Waals surface area contributed by atoms with Crippen LogP contribution in [0.3, 0.4) is 0 Å². The molecule has 0 bridgehead atoms. The SMILES string of the molecule is CC(C)Oc1ccccc1Nc1cnnc(N2CCc3ccccc3C2)n1. The Morgan fingerprint density at radius 1 is 1.04 bits per heavy atom. The molecule has 0 radical (unpaired) electrons. The summed E-state index contributed by atoms with van der Waals surface area (Å²) >= 11 is 0. The van der Waals surface area contributed by atoms with Gasteiger partial charge in [0.2, 0.25) is 5.95 Å². The first kappa shape index (κ1) is 17.3. The lowest BCUT2D eigenvalue weighted by atomic mass is 10.0. The number of aromatic nitrogens is 3. The zero-order valence-corrected chi connectivity index (χ0v) is 15.6. The summed E-state index contributed by atoms with van der Waals surface area (Å²) in [5, 5.41) is 11.7. The first-order valence-corrected chi connectivity index (χ1v) is 9.23. The van der Waals surface area contributed by atoms with Crippen LogP contribution in [0.2, 0.25) is 0 Å². The number of hydrogen-bond donors (Lipinski definition) is 1. The van der Waals surface area contributed by atoms with E-state index < -0.39 is 0 Å². The Hall–Kier alpha value is -3.15. The minimum atomic E-state index is 0.0976. The van der Waals surface area contributed by atoms with Crippen molar-refractivity contribution in [2.75, 3.05) is 16.8 Å². The standard InChI is InChI=1S/C21H23N5O/c1-15(2)27-19-10-6-5-9-18(19)23-20-13-22-25-21(24-20)26-12-11-16-7-3-4-8-17(16)14-26/h3-10,13,15H,11-12,14H2,1-2H3,(H,23,24,25). The lowest BCUT2D eigenvalue weighted by molar-refractivity contribution is 0.244. The highest BCUT2D eigenvalue weighted by Gasteiger charge is 2.19. The van der Waals surface area contributed by atoms with E-state index in [2.05, 4.69) is 49.7 Å². The van der Waals surface area contributed by atoms with Crippen molar-refractivity contribution in [1.29, 1.82) is 0 Å². The molecule has 0 atom stereocenters. The molecule has 6 nitrogen and oxygen atoms in total. The van der Waals surface area contributed by atoms with Gasteiger partial charge in [0.25, 0.3) is 0 Å². The van der Waals surface area contributed by atoms with Crippen LogP contribution in [0.1, 0.15) is 25.0 Å². The maximum atomic E-state index is 5.87. The number of rotatable bonds is 5. The third-order valence-electron chi connectivity index (χ3n) is 4.47. The molecule has 27 heavy (non-hydrogen) atoms. The van der Waals surface area contributed by atoms with E-state index in [0.29, 0.717) is 11.8 Å². The number of fused-ring (bicyclic) bond motifs is 1. The van der Waals surface area contributed by atoms with Gasteiger partial charge in [0, 0.05) is 13.1 Å². The number of anilines is 3. The van der Waals surface area contributed by atoms with Gasteiger partial charge >= 0.3 is 0 Å². The van der Waals surface area contributed by atoms with Gasteiger partial charge in [0.1, 0.15) is 5.75 Å². The smallest absolute Gasteiger partial charge is 0.247 e. The minimum Gasteiger partial charge on any atom is -0.489 e. The third-order valence-corrected chi connectivity index (χ3v) is 4.47. The van der Waals surface area contributed by atoms with Crippen LogP contribution >= 0.6 is 0 Å². The zero-order valence-electron chi connectivity index (χ0n) is 15.6. The molecular formula is C21H23N5O. The molecule has 3 aromatic rings. The fourth-order valence-corrected chi connectivity index (χ4v) is 3.22. The van der Waals surface area contributed by atoms with E-state index in [1.165, 1.54) is 11.1 Å². The second-order valence-electron chi connectivity index (χ2n) is 6.87. The molecule has 0 aliphatic carbocycles. The second-order valence-corrected chi connectivity index (χ2v) is 6.87. The van der Waals surface area contributed by atoms with E-state index in [9.17, 15) is 0 Å². The van der Waals surface area contributed by atoms with Crippen molar-refractivity contribution in [3.63, 3.8) is 0 Å². The van der Waals surface area contributed by atoms with Crippen LogP contribution in [0.25, 0.3) is 0 Å². The molecule has 0 amide bonds. The molecule has 0 unspecified atom stereocenters. The van der Waals surface area contributed by atoms with Gasteiger partial charge < -0.3 is 15.0 Å². The highest BCUT2D eigenvalue weighted by atomic mass is 16.5. The van der Waals surface area contributed by atoms with Crippen LogP contribution in [-0.2, 0) is 13.0 Å². The molecule has 1 aliphatic rings. The molecule has 6 heteroatoms. The van der Waals surface area contributed by atoms with Crippen molar-refractivity contribution in [3.8, 4) is 5.75 Å². The van der Waals surface area contributed by atoms with Crippen molar-refractivity contribution in [2.45, 2.75) is 32.9 Å². The quantitative estimate of drug-likeness (QED) is 0.742. The Labute approximate surface area is 159 Å². The maximum Gasteiger partial charge on any atom is 0.247 e. The van der Waals surface area contributed by atoms with E-state index in [0.717, 1.165) is 30.9 Å². The van der Waals surface area contributed by atoms with Crippen LogP contribution in [0.5, 0.6) is 5.75 Å². The number of nitrogens with zero attached hydrogens (tertiary/aromatic N) is 4. The average molecular weight is 361 g/mol. The molecule has 0 spiro atoms. The van der Waals surface area contributed by atoms with Gasteiger partial charge in [-0.3, -0.25) is 0 Å². The molecule has 0 fully saturated rings. The average Bonchev–Trinajstić information content (AvgIpc) is 2.69. The van der Waals surface area contributed by atoms with Gasteiger partial charge in [-0.05, 0) is 43.5 Å².